The predicted octanol–water partition coefficient (Wildman–Crippen LogP) is 0.697. The van der Waals surface area contributed by atoms with E-state index in [0.29, 0.717) is 6.54 Å². The van der Waals surface area contributed by atoms with Crippen molar-refractivity contribution in [2.75, 3.05) is 13.6 Å². The number of rotatable bonds is 5. The molecule has 1 heterocycles. The van der Waals surface area contributed by atoms with Crippen LogP contribution in [0.4, 0.5) is 0 Å². The molecule has 1 aromatic heterocycles. The fourth-order valence-corrected chi connectivity index (χ4v) is 1.85. The third kappa shape index (κ3) is 2.39. The van der Waals surface area contributed by atoms with Crippen LogP contribution in [0, 0.1) is 5.41 Å². The van der Waals surface area contributed by atoms with E-state index in [0.717, 1.165) is 24.9 Å². The zero-order valence-electron chi connectivity index (χ0n) is 9.49. The highest BCUT2D eigenvalue weighted by molar-refractivity contribution is 5.85. The van der Waals surface area contributed by atoms with Crippen molar-refractivity contribution in [3.8, 4) is 0 Å². The molecule has 2 rings (SSSR count). The molecule has 2 N–H and O–H groups in total. The number of amides is 1. The first-order valence-corrected chi connectivity index (χ1v) is 5.59. The van der Waals surface area contributed by atoms with Crippen LogP contribution in [0.15, 0.2) is 24.5 Å². The van der Waals surface area contributed by atoms with Gasteiger partial charge in [0.1, 0.15) is 0 Å². The van der Waals surface area contributed by atoms with Gasteiger partial charge in [0, 0.05) is 25.5 Å². The molecule has 1 amide bonds. The number of aromatic nitrogens is 1. The van der Waals surface area contributed by atoms with Crippen molar-refractivity contribution in [1.82, 2.24) is 15.6 Å². The second-order valence-corrected chi connectivity index (χ2v) is 4.35. The second-order valence-electron chi connectivity index (χ2n) is 4.35. The van der Waals surface area contributed by atoms with Gasteiger partial charge in [-0.2, -0.15) is 0 Å². The minimum atomic E-state index is -0.142. The number of nitrogens with one attached hydrogen (secondary N) is 2. The van der Waals surface area contributed by atoms with E-state index < -0.39 is 0 Å². The van der Waals surface area contributed by atoms with Gasteiger partial charge in [-0.15, -0.1) is 0 Å². The lowest BCUT2D eigenvalue weighted by Gasteiger charge is -2.14. The summed E-state index contributed by atoms with van der Waals surface area (Å²) >= 11 is 0. The van der Waals surface area contributed by atoms with E-state index in [1.54, 1.807) is 12.4 Å². The Bertz CT molecular complexity index is 360. The normalized spacial score (nSPS) is 16.8. The SMILES string of the molecule is CNCC1(C(=O)NCc2cccnc2)CC1. The van der Waals surface area contributed by atoms with Crippen LogP contribution in [-0.2, 0) is 11.3 Å². The Morgan fingerprint density at radius 1 is 1.56 bits per heavy atom. The lowest BCUT2D eigenvalue weighted by molar-refractivity contribution is -0.126. The van der Waals surface area contributed by atoms with E-state index in [1.165, 1.54) is 0 Å². The summed E-state index contributed by atoms with van der Waals surface area (Å²) in [6.07, 6.45) is 5.49. The standard InChI is InChI=1S/C12H17N3O/c1-13-9-12(4-5-12)11(16)15-8-10-3-2-6-14-7-10/h2-3,6-7,13H,4-5,8-9H2,1H3,(H,15,16). The molecule has 0 aliphatic heterocycles. The summed E-state index contributed by atoms with van der Waals surface area (Å²) in [7, 11) is 1.88. The van der Waals surface area contributed by atoms with Gasteiger partial charge in [0.25, 0.3) is 0 Å². The largest absolute Gasteiger partial charge is 0.351 e. The van der Waals surface area contributed by atoms with Crippen molar-refractivity contribution in [1.29, 1.82) is 0 Å². The number of nitrogens with zero attached hydrogens (tertiary/aromatic N) is 1. The number of hydrogen-bond donors (Lipinski definition) is 2. The third-order valence-electron chi connectivity index (χ3n) is 3.03. The maximum atomic E-state index is 11.9. The van der Waals surface area contributed by atoms with Crippen LogP contribution in [0.3, 0.4) is 0 Å². The number of carbonyl (C=O) groups excluding carboxylic acids is 1. The van der Waals surface area contributed by atoms with Crippen LogP contribution < -0.4 is 10.6 Å². The Morgan fingerprint density at radius 3 is 2.94 bits per heavy atom. The van der Waals surface area contributed by atoms with Crippen LogP contribution in [0.5, 0.6) is 0 Å². The van der Waals surface area contributed by atoms with Crippen molar-refractivity contribution in [2.24, 2.45) is 5.41 Å². The van der Waals surface area contributed by atoms with Crippen molar-refractivity contribution >= 4 is 5.91 Å². The zero-order chi connectivity index (χ0) is 11.4. The van der Waals surface area contributed by atoms with Gasteiger partial charge in [0.2, 0.25) is 5.91 Å². The Kier molecular flexibility index (Phi) is 3.19. The highest BCUT2D eigenvalue weighted by Gasteiger charge is 2.48. The maximum Gasteiger partial charge on any atom is 0.227 e. The second kappa shape index (κ2) is 4.61. The van der Waals surface area contributed by atoms with Crippen LogP contribution in [0.1, 0.15) is 18.4 Å². The molecule has 0 saturated heterocycles. The Morgan fingerprint density at radius 2 is 2.38 bits per heavy atom. The molecular formula is C12H17N3O. The summed E-state index contributed by atoms with van der Waals surface area (Å²) in [5.74, 6) is 0.158. The molecule has 0 radical (unpaired) electrons. The van der Waals surface area contributed by atoms with E-state index in [2.05, 4.69) is 15.6 Å². The highest BCUT2D eigenvalue weighted by atomic mass is 16.2. The van der Waals surface area contributed by atoms with Gasteiger partial charge >= 0.3 is 0 Å². The molecule has 4 heteroatoms. The molecule has 16 heavy (non-hydrogen) atoms. The molecule has 0 bridgehead atoms. The smallest absolute Gasteiger partial charge is 0.227 e. The molecule has 86 valence electrons. The summed E-state index contributed by atoms with van der Waals surface area (Å²) in [4.78, 5) is 15.9. The van der Waals surface area contributed by atoms with E-state index in [-0.39, 0.29) is 11.3 Å². The monoisotopic (exact) mass is 219 g/mol. The molecular weight excluding hydrogens is 202 g/mol. The van der Waals surface area contributed by atoms with Crippen LogP contribution >= 0.6 is 0 Å². The highest BCUT2D eigenvalue weighted by Crippen LogP contribution is 2.45. The topological polar surface area (TPSA) is 54.0 Å². The fourth-order valence-electron chi connectivity index (χ4n) is 1.85. The van der Waals surface area contributed by atoms with Gasteiger partial charge in [-0.3, -0.25) is 9.78 Å². The Hall–Kier alpha value is -1.42. The predicted molar refractivity (Wildman–Crippen MR) is 61.7 cm³/mol. The van der Waals surface area contributed by atoms with E-state index in [4.69, 9.17) is 0 Å². The van der Waals surface area contributed by atoms with Gasteiger partial charge in [-0.25, -0.2) is 0 Å². The van der Waals surface area contributed by atoms with Gasteiger partial charge in [-0.05, 0) is 31.5 Å². The summed E-state index contributed by atoms with van der Waals surface area (Å²) < 4.78 is 0. The molecule has 1 aliphatic carbocycles. The lowest BCUT2D eigenvalue weighted by atomic mass is 10.1. The van der Waals surface area contributed by atoms with Gasteiger partial charge in [0.15, 0.2) is 0 Å². The summed E-state index contributed by atoms with van der Waals surface area (Å²) in [5.41, 5.74) is 0.896. The lowest BCUT2D eigenvalue weighted by Crippen LogP contribution is -2.37. The molecule has 4 nitrogen and oxygen atoms in total. The number of pyridine rings is 1. The molecule has 0 atom stereocenters. The molecule has 0 aromatic carbocycles. The summed E-state index contributed by atoms with van der Waals surface area (Å²) in [5, 5.41) is 6.04. The molecule has 1 saturated carbocycles. The zero-order valence-corrected chi connectivity index (χ0v) is 9.49. The van der Waals surface area contributed by atoms with Gasteiger partial charge < -0.3 is 10.6 Å². The molecule has 1 aliphatic rings. The van der Waals surface area contributed by atoms with E-state index in [1.807, 2.05) is 19.2 Å². The summed E-state index contributed by atoms with van der Waals surface area (Å²) in [6, 6.07) is 3.84. The van der Waals surface area contributed by atoms with Gasteiger partial charge in [-0.1, -0.05) is 6.07 Å². The van der Waals surface area contributed by atoms with Gasteiger partial charge in [0.05, 0.1) is 5.41 Å². The van der Waals surface area contributed by atoms with Crippen LogP contribution in [0.25, 0.3) is 0 Å². The minimum Gasteiger partial charge on any atom is -0.351 e. The average Bonchev–Trinajstić information content (AvgIpc) is 3.09. The van der Waals surface area contributed by atoms with Crippen molar-refractivity contribution in [2.45, 2.75) is 19.4 Å². The van der Waals surface area contributed by atoms with Crippen LogP contribution in [-0.4, -0.2) is 24.5 Å². The average molecular weight is 219 g/mol. The first-order valence-electron chi connectivity index (χ1n) is 5.59. The van der Waals surface area contributed by atoms with E-state index in [9.17, 15) is 4.79 Å². The minimum absolute atomic E-state index is 0.142. The maximum absolute atomic E-state index is 11.9. The van der Waals surface area contributed by atoms with Crippen molar-refractivity contribution < 1.29 is 4.79 Å². The Labute approximate surface area is 95.5 Å². The Balaban J connectivity index is 1.85. The first-order chi connectivity index (χ1) is 7.77. The molecule has 1 fully saturated rings. The van der Waals surface area contributed by atoms with Crippen LogP contribution in [0.2, 0.25) is 0 Å². The van der Waals surface area contributed by atoms with E-state index >= 15 is 0 Å². The molecule has 0 unspecified atom stereocenters. The quantitative estimate of drug-likeness (QED) is 0.766. The number of hydrogen-bond acceptors (Lipinski definition) is 3. The van der Waals surface area contributed by atoms with Crippen molar-refractivity contribution in [3.05, 3.63) is 30.1 Å². The summed E-state index contributed by atoms with van der Waals surface area (Å²) in [6.45, 7) is 1.34. The van der Waals surface area contributed by atoms with Crippen molar-refractivity contribution in [3.63, 3.8) is 0 Å². The third-order valence-corrected chi connectivity index (χ3v) is 3.03. The first kappa shape index (κ1) is 11.1. The molecule has 1 aromatic rings. The molecule has 0 spiro atoms. The fraction of sp³-hybridized carbons (Fsp3) is 0.500. The number of carbonyl (C=O) groups is 1.